The first-order valence-corrected chi connectivity index (χ1v) is 7.44. The van der Waals surface area contributed by atoms with Gasteiger partial charge < -0.3 is 5.32 Å². The molecule has 0 saturated heterocycles. The summed E-state index contributed by atoms with van der Waals surface area (Å²) in [7, 11) is 0. The van der Waals surface area contributed by atoms with Crippen molar-refractivity contribution in [2.45, 2.75) is 13.0 Å². The van der Waals surface area contributed by atoms with Gasteiger partial charge in [-0.1, -0.05) is 24.6 Å². The van der Waals surface area contributed by atoms with Gasteiger partial charge in [-0.2, -0.15) is 0 Å². The van der Waals surface area contributed by atoms with Crippen LogP contribution in [0.5, 0.6) is 0 Å². The zero-order chi connectivity index (χ0) is 15.6. The lowest BCUT2D eigenvalue weighted by Crippen LogP contribution is -2.23. The molecule has 0 bridgehead atoms. The average molecular weight is 379 g/mol. The number of nitrogens with one attached hydrogen (secondary N) is 1. The molecule has 0 aromatic heterocycles. The van der Waals surface area contributed by atoms with E-state index in [9.17, 15) is 13.2 Å². The molecule has 0 saturated carbocycles. The minimum absolute atomic E-state index is 0.122. The molecule has 112 valence electrons. The molecule has 2 aromatic rings. The summed E-state index contributed by atoms with van der Waals surface area (Å²) in [4.78, 5) is 0. The number of hydrogen-bond acceptors (Lipinski definition) is 1. The Hall–Kier alpha value is -1.04. The molecule has 2 rings (SSSR count). The van der Waals surface area contributed by atoms with Gasteiger partial charge in [0.15, 0.2) is 0 Å². The molecule has 2 aromatic carbocycles. The van der Waals surface area contributed by atoms with E-state index in [0.717, 1.165) is 12.1 Å². The van der Waals surface area contributed by atoms with Gasteiger partial charge in [-0.25, -0.2) is 13.2 Å². The fraction of sp³-hybridized carbons (Fsp3) is 0.200. The molecule has 0 aliphatic heterocycles. The molecule has 0 spiro atoms. The molecular weight excluding hydrogens is 367 g/mol. The van der Waals surface area contributed by atoms with Gasteiger partial charge in [0.2, 0.25) is 0 Å². The summed E-state index contributed by atoms with van der Waals surface area (Å²) in [6.45, 7) is 2.37. The van der Waals surface area contributed by atoms with Crippen LogP contribution in [0.25, 0.3) is 0 Å². The second-order valence-corrected chi connectivity index (χ2v) is 5.71. The van der Waals surface area contributed by atoms with Crippen LogP contribution in [0.4, 0.5) is 13.2 Å². The van der Waals surface area contributed by atoms with Crippen molar-refractivity contribution in [2.75, 3.05) is 6.54 Å². The summed E-state index contributed by atoms with van der Waals surface area (Å²) in [6, 6.07) is 5.73. The quantitative estimate of drug-likeness (QED) is 0.719. The van der Waals surface area contributed by atoms with Crippen molar-refractivity contribution in [1.29, 1.82) is 0 Å². The van der Waals surface area contributed by atoms with Crippen molar-refractivity contribution in [3.63, 3.8) is 0 Å². The first kappa shape index (κ1) is 16.3. The molecule has 1 atom stereocenters. The smallest absolute Gasteiger partial charge is 0.142 e. The van der Waals surface area contributed by atoms with E-state index in [4.69, 9.17) is 11.6 Å². The van der Waals surface area contributed by atoms with E-state index in [0.29, 0.717) is 12.1 Å². The molecular formula is C15H12BrClF3N. The van der Waals surface area contributed by atoms with Crippen LogP contribution in [0.15, 0.2) is 34.8 Å². The maximum absolute atomic E-state index is 14.1. The second-order valence-electron chi connectivity index (χ2n) is 4.45. The van der Waals surface area contributed by atoms with Gasteiger partial charge in [0.25, 0.3) is 0 Å². The maximum Gasteiger partial charge on any atom is 0.142 e. The third-order valence-corrected chi connectivity index (χ3v) is 3.93. The lowest BCUT2D eigenvalue weighted by Gasteiger charge is -2.20. The van der Waals surface area contributed by atoms with Crippen LogP contribution in [0.2, 0.25) is 5.02 Å². The Kier molecular flexibility index (Phi) is 5.30. The van der Waals surface area contributed by atoms with Gasteiger partial charge in [-0.15, -0.1) is 0 Å². The first-order valence-electron chi connectivity index (χ1n) is 6.26. The van der Waals surface area contributed by atoms with E-state index < -0.39 is 23.5 Å². The first-order chi connectivity index (χ1) is 9.93. The SMILES string of the molecule is CCNC(c1ccc(F)c(Br)c1)c1cc(F)c(Cl)cc1F. The van der Waals surface area contributed by atoms with Gasteiger partial charge in [-0.05, 0) is 52.3 Å². The third-order valence-electron chi connectivity index (χ3n) is 3.04. The van der Waals surface area contributed by atoms with E-state index in [1.54, 1.807) is 0 Å². The highest BCUT2D eigenvalue weighted by Gasteiger charge is 2.20. The Labute approximate surface area is 134 Å². The fourth-order valence-corrected chi connectivity index (χ4v) is 2.61. The summed E-state index contributed by atoms with van der Waals surface area (Å²) in [5.74, 6) is -1.73. The average Bonchev–Trinajstić information content (AvgIpc) is 2.44. The van der Waals surface area contributed by atoms with Crippen LogP contribution in [0.3, 0.4) is 0 Å². The van der Waals surface area contributed by atoms with Crippen LogP contribution in [-0.4, -0.2) is 6.54 Å². The Morgan fingerprint density at radius 1 is 1.10 bits per heavy atom. The zero-order valence-corrected chi connectivity index (χ0v) is 13.4. The Bertz CT molecular complexity index is 664. The van der Waals surface area contributed by atoms with Crippen LogP contribution in [0, 0.1) is 17.5 Å². The monoisotopic (exact) mass is 377 g/mol. The van der Waals surface area contributed by atoms with Crippen molar-refractivity contribution in [3.05, 3.63) is 68.4 Å². The van der Waals surface area contributed by atoms with Crippen molar-refractivity contribution in [3.8, 4) is 0 Å². The summed E-state index contributed by atoms with van der Waals surface area (Å²) in [5, 5.41) is 2.78. The highest BCUT2D eigenvalue weighted by molar-refractivity contribution is 9.10. The van der Waals surface area contributed by atoms with E-state index in [-0.39, 0.29) is 15.1 Å². The van der Waals surface area contributed by atoms with Crippen LogP contribution < -0.4 is 5.32 Å². The van der Waals surface area contributed by atoms with Crippen LogP contribution in [0.1, 0.15) is 24.1 Å². The molecule has 0 heterocycles. The number of benzene rings is 2. The zero-order valence-electron chi connectivity index (χ0n) is 11.1. The van der Waals surface area contributed by atoms with E-state index in [1.807, 2.05) is 6.92 Å². The largest absolute Gasteiger partial charge is 0.306 e. The Morgan fingerprint density at radius 3 is 2.43 bits per heavy atom. The maximum atomic E-state index is 14.1. The molecule has 0 radical (unpaired) electrons. The molecule has 1 N–H and O–H groups in total. The van der Waals surface area contributed by atoms with Gasteiger partial charge in [-0.3, -0.25) is 0 Å². The number of rotatable bonds is 4. The summed E-state index contributed by atoms with van der Waals surface area (Å²) in [5.41, 5.74) is 0.739. The molecule has 21 heavy (non-hydrogen) atoms. The molecule has 1 unspecified atom stereocenters. The van der Waals surface area contributed by atoms with Crippen molar-refractivity contribution in [2.24, 2.45) is 0 Å². The molecule has 0 fully saturated rings. The highest BCUT2D eigenvalue weighted by Crippen LogP contribution is 2.30. The number of hydrogen-bond donors (Lipinski definition) is 1. The Morgan fingerprint density at radius 2 is 1.81 bits per heavy atom. The molecule has 6 heteroatoms. The van der Waals surface area contributed by atoms with Gasteiger partial charge in [0, 0.05) is 5.56 Å². The fourth-order valence-electron chi connectivity index (χ4n) is 2.06. The van der Waals surface area contributed by atoms with E-state index >= 15 is 0 Å². The highest BCUT2D eigenvalue weighted by atomic mass is 79.9. The molecule has 0 aliphatic carbocycles. The Balaban J connectivity index is 2.52. The lowest BCUT2D eigenvalue weighted by molar-refractivity contribution is 0.543. The molecule has 0 aliphatic rings. The van der Waals surface area contributed by atoms with Gasteiger partial charge in [0.05, 0.1) is 15.5 Å². The van der Waals surface area contributed by atoms with E-state index in [2.05, 4.69) is 21.2 Å². The minimum atomic E-state index is -0.697. The van der Waals surface area contributed by atoms with Crippen LogP contribution >= 0.6 is 27.5 Å². The summed E-state index contributed by atoms with van der Waals surface area (Å²) < 4.78 is 41.3. The lowest BCUT2D eigenvalue weighted by atomic mass is 9.98. The molecule has 1 nitrogen and oxygen atoms in total. The normalized spacial score (nSPS) is 12.5. The summed E-state index contributed by atoms with van der Waals surface area (Å²) >= 11 is 8.66. The van der Waals surface area contributed by atoms with Crippen LogP contribution in [-0.2, 0) is 0 Å². The topological polar surface area (TPSA) is 12.0 Å². The van der Waals surface area contributed by atoms with E-state index in [1.165, 1.54) is 18.2 Å². The number of halogens is 5. The predicted molar refractivity (Wildman–Crippen MR) is 81.0 cm³/mol. The van der Waals surface area contributed by atoms with Gasteiger partial charge >= 0.3 is 0 Å². The summed E-state index contributed by atoms with van der Waals surface area (Å²) in [6.07, 6.45) is 0. The second kappa shape index (κ2) is 6.81. The van der Waals surface area contributed by atoms with Crippen molar-refractivity contribution in [1.82, 2.24) is 5.32 Å². The van der Waals surface area contributed by atoms with Gasteiger partial charge in [0.1, 0.15) is 17.5 Å². The van der Waals surface area contributed by atoms with Crippen molar-refractivity contribution >= 4 is 27.5 Å². The van der Waals surface area contributed by atoms with Crippen molar-refractivity contribution < 1.29 is 13.2 Å². The predicted octanol–water partition coefficient (Wildman–Crippen LogP) is 5.22. The molecule has 0 amide bonds. The standard InChI is InChI=1S/C15H12BrClF3N/c1-2-21-15(8-3-4-12(18)10(16)5-8)9-6-14(20)11(17)7-13(9)19/h3-7,15,21H,2H2,1H3. The minimum Gasteiger partial charge on any atom is -0.306 e. The third kappa shape index (κ3) is 3.59.